The Kier molecular flexibility index (Phi) is 7.30. The van der Waals surface area contributed by atoms with Crippen LogP contribution >= 0.6 is 0 Å². The molecular weight excluding hydrogens is 294 g/mol. The molecule has 0 radical (unpaired) electrons. The third kappa shape index (κ3) is 5.18. The molecule has 0 saturated carbocycles. The number of carbonyl (C=O) groups is 2. The van der Waals surface area contributed by atoms with Gasteiger partial charge < -0.3 is 20.7 Å². The number of unbranched alkanes of at least 4 members (excludes halogenated alkanes) is 1. The van der Waals surface area contributed by atoms with Crippen LogP contribution in [0.2, 0.25) is 0 Å². The van der Waals surface area contributed by atoms with Crippen molar-refractivity contribution in [1.82, 2.24) is 10.2 Å². The van der Waals surface area contributed by atoms with Gasteiger partial charge in [0.2, 0.25) is 11.8 Å². The molecule has 0 bridgehead atoms. The molecule has 23 heavy (non-hydrogen) atoms. The molecule has 0 aromatic carbocycles. The second-order valence-electron chi connectivity index (χ2n) is 6.74. The van der Waals surface area contributed by atoms with Crippen molar-refractivity contribution in [3.8, 4) is 0 Å². The minimum absolute atomic E-state index is 0.00274. The maximum absolute atomic E-state index is 12.7. The van der Waals surface area contributed by atoms with E-state index in [-0.39, 0.29) is 23.7 Å². The fraction of sp³-hybridized carbons (Fsp3) is 0.882. The van der Waals surface area contributed by atoms with Crippen LogP contribution in [0.1, 0.15) is 45.4 Å². The number of piperidine rings is 1. The molecule has 6 heteroatoms. The standard InChI is InChI=1S/C17H31N3O3/c1-2-3-8-19-16(21)14-5-4-9-20(12-14)17(22)15(18)13-6-10-23-11-7-13/h13-15H,2-12,18H2,1H3,(H,19,21). The predicted octanol–water partition coefficient (Wildman–Crippen LogP) is 0.895. The Morgan fingerprint density at radius 2 is 2.04 bits per heavy atom. The van der Waals surface area contributed by atoms with Crippen molar-refractivity contribution in [3.63, 3.8) is 0 Å². The summed E-state index contributed by atoms with van der Waals surface area (Å²) >= 11 is 0. The maximum atomic E-state index is 12.7. The average molecular weight is 325 g/mol. The summed E-state index contributed by atoms with van der Waals surface area (Å²) in [5, 5.41) is 2.98. The Hall–Kier alpha value is -1.14. The molecule has 132 valence electrons. The molecule has 2 fully saturated rings. The number of hydrogen-bond donors (Lipinski definition) is 2. The van der Waals surface area contributed by atoms with E-state index in [0.29, 0.717) is 26.3 Å². The second-order valence-corrected chi connectivity index (χ2v) is 6.74. The van der Waals surface area contributed by atoms with Crippen molar-refractivity contribution >= 4 is 11.8 Å². The monoisotopic (exact) mass is 325 g/mol. The molecule has 2 unspecified atom stereocenters. The third-order valence-corrected chi connectivity index (χ3v) is 4.99. The summed E-state index contributed by atoms with van der Waals surface area (Å²) in [5.74, 6) is 0.194. The first-order chi connectivity index (χ1) is 11.1. The Labute approximate surface area is 139 Å². The van der Waals surface area contributed by atoms with Crippen LogP contribution in [0.25, 0.3) is 0 Å². The van der Waals surface area contributed by atoms with E-state index in [1.807, 2.05) is 0 Å². The van der Waals surface area contributed by atoms with Gasteiger partial charge in [0.25, 0.3) is 0 Å². The Balaban J connectivity index is 1.84. The first-order valence-corrected chi connectivity index (χ1v) is 9.03. The van der Waals surface area contributed by atoms with Crippen molar-refractivity contribution < 1.29 is 14.3 Å². The molecule has 2 heterocycles. The Morgan fingerprint density at radius 3 is 2.74 bits per heavy atom. The number of rotatable bonds is 6. The van der Waals surface area contributed by atoms with E-state index in [4.69, 9.17) is 10.5 Å². The summed E-state index contributed by atoms with van der Waals surface area (Å²) in [5.41, 5.74) is 6.20. The molecule has 6 nitrogen and oxygen atoms in total. The quantitative estimate of drug-likeness (QED) is 0.711. The zero-order chi connectivity index (χ0) is 16.7. The van der Waals surface area contributed by atoms with Gasteiger partial charge in [0.1, 0.15) is 0 Å². The number of likely N-dealkylation sites (tertiary alicyclic amines) is 1. The zero-order valence-electron chi connectivity index (χ0n) is 14.3. The lowest BCUT2D eigenvalue weighted by Crippen LogP contribution is -2.53. The van der Waals surface area contributed by atoms with Crippen molar-refractivity contribution in [1.29, 1.82) is 0 Å². The third-order valence-electron chi connectivity index (χ3n) is 4.99. The van der Waals surface area contributed by atoms with Gasteiger partial charge in [0.15, 0.2) is 0 Å². The second kappa shape index (κ2) is 9.23. The van der Waals surface area contributed by atoms with Gasteiger partial charge in [-0.25, -0.2) is 0 Å². The summed E-state index contributed by atoms with van der Waals surface area (Å²) in [6.45, 7) is 5.43. The van der Waals surface area contributed by atoms with E-state index >= 15 is 0 Å². The van der Waals surface area contributed by atoms with Crippen LogP contribution in [-0.4, -0.2) is 55.6 Å². The summed E-state index contributed by atoms with van der Waals surface area (Å²) in [6, 6.07) is -0.458. The SMILES string of the molecule is CCCCNC(=O)C1CCCN(C(=O)C(N)C2CCOCC2)C1. The summed E-state index contributed by atoms with van der Waals surface area (Å²) < 4.78 is 5.34. The van der Waals surface area contributed by atoms with Crippen LogP contribution in [0.15, 0.2) is 0 Å². The fourth-order valence-electron chi connectivity index (χ4n) is 3.41. The number of carbonyl (C=O) groups excluding carboxylic acids is 2. The number of ether oxygens (including phenoxy) is 1. The van der Waals surface area contributed by atoms with Gasteiger partial charge in [-0.2, -0.15) is 0 Å². The van der Waals surface area contributed by atoms with E-state index in [0.717, 1.165) is 45.1 Å². The van der Waals surface area contributed by atoms with Crippen molar-refractivity contribution in [2.24, 2.45) is 17.6 Å². The molecule has 2 aliphatic rings. The largest absolute Gasteiger partial charge is 0.381 e. The number of nitrogens with one attached hydrogen (secondary N) is 1. The van der Waals surface area contributed by atoms with E-state index < -0.39 is 6.04 Å². The maximum Gasteiger partial charge on any atom is 0.239 e. The van der Waals surface area contributed by atoms with Gasteiger partial charge >= 0.3 is 0 Å². The molecular formula is C17H31N3O3. The first-order valence-electron chi connectivity index (χ1n) is 9.03. The van der Waals surface area contributed by atoms with Crippen LogP contribution in [0.4, 0.5) is 0 Å². The van der Waals surface area contributed by atoms with E-state index in [1.165, 1.54) is 0 Å². The van der Waals surface area contributed by atoms with Gasteiger partial charge in [-0.05, 0) is 38.0 Å². The lowest BCUT2D eigenvalue weighted by molar-refractivity contribution is -0.138. The summed E-state index contributed by atoms with van der Waals surface area (Å²) in [6.07, 6.45) is 5.49. The van der Waals surface area contributed by atoms with E-state index in [9.17, 15) is 9.59 Å². The molecule has 2 rings (SSSR count). The molecule has 2 aliphatic heterocycles. The first kappa shape index (κ1) is 18.2. The number of amides is 2. The van der Waals surface area contributed by atoms with E-state index in [1.54, 1.807) is 4.90 Å². The van der Waals surface area contributed by atoms with Crippen molar-refractivity contribution in [3.05, 3.63) is 0 Å². The predicted molar refractivity (Wildman–Crippen MR) is 88.7 cm³/mol. The molecule has 0 aliphatic carbocycles. The minimum Gasteiger partial charge on any atom is -0.381 e. The topological polar surface area (TPSA) is 84.7 Å². The average Bonchev–Trinajstić information content (AvgIpc) is 2.61. The van der Waals surface area contributed by atoms with E-state index in [2.05, 4.69) is 12.2 Å². The zero-order valence-corrected chi connectivity index (χ0v) is 14.3. The molecule has 2 amide bonds. The van der Waals surface area contributed by atoms with Crippen LogP contribution in [0, 0.1) is 11.8 Å². The van der Waals surface area contributed by atoms with Crippen molar-refractivity contribution in [2.75, 3.05) is 32.8 Å². The highest BCUT2D eigenvalue weighted by molar-refractivity contribution is 5.84. The van der Waals surface area contributed by atoms with Gasteiger partial charge in [-0.1, -0.05) is 13.3 Å². The fourth-order valence-corrected chi connectivity index (χ4v) is 3.41. The number of nitrogens with zero attached hydrogens (tertiary/aromatic N) is 1. The molecule has 3 N–H and O–H groups in total. The molecule has 0 aromatic heterocycles. The summed E-state index contributed by atoms with van der Waals surface area (Å²) in [4.78, 5) is 26.7. The van der Waals surface area contributed by atoms with Crippen LogP contribution in [0.5, 0.6) is 0 Å². The van der Waals surface area contributed by atoms with Crippen LogP contribution < -0.4 is 11.1 Å². The number of nitrogens with two attached hydrogens (primary N) is 1. The van der Waals surface area contributed by atoms with Gasteiger partial charge in [-0.3, -0.25) is 9.59 Å². The molecule has 0 spiro atoms. The highest BCUT2D eigenvalue weighted by atomic mass is 16.5. The lowest BCUT2D eigenvalue weighted by atomic mass is 9.90. The smallest absolute Gasteiger partial charge is 0.239 e. The lowest BCUT2D eigenvalue weighted by Gasteiger charge is -2.36. The van der Waals surface area contributed by atoms with Gasteiger partial charge in [0, 0.05) is 32.8 Å². The van der Waals surface area contributed by atoms with Crippen LogP contribution in [-0.2, 0) is 14.3 Å². The van der Waals surface area contributed by atoms with Gasteiger partial charge in [-0.15, -0.1) is 0 Å². The highest BCUT2D eigenvalue weighted by Gasteiger charge is 2.34. The Bertz CT molecular complexity index is 397. The van der Waals surface area contributed by atoms with Gasteiger partial charge in [0.05, 0.1) is 12.0 Å². The Morgan fingerprint density at radius 1 is 1.30 bits per heavy atom. The molecule has 2 atom stereocenters. The molecule has 2 saturated heterocycles. The minimum atomic E-state index is -0.458. The highest BCUT2D eigenvalue weighted by Crippen LogP contribution is 2.22. The summed E-state index contributed by atoms with van der Waals surface area (Å²) in [7, 11) is 0. The normalized spacial score (nSPS) is 24.3. The van der Waals surface area contributed by atoms with Crippen molar-refractivity contribution in [2.45, 2.75) is 51.5 Å². The number of hydrogen-bond acceptors (Lipinski definition) is 4. The van der Waals surface area contributed by atoms with Crippen LogP contribution in [0.3, 0.4) is 0 Å². The molecule has 0 aromatic rings.